The third kappa shape index (κ3) is 3.20. The number of hydrogen-bond donors (Lipinski definition) is 0. The van der Waals surface area contributed by atoms with Crippen molar-refractivity contribution < 1.29 is 18.0 Å². The van der Waals surface area contributed by atoms with E-state index in [1.54, 1.807) is 12.3 Å². The van der Waals surface area contributed by atoms with Crippen molar-refractivity contribution in [1.29, 1.82) is 0 Å². The molecule has 2 aromatic rings. The minimum Gasteiger partial charge on any atom is -0.332 e. The van der Waals surface area contributed by atoms with E-state index in [1.165, 1.54) is 11.0 Å². The van der Waals surface area contributed by atoms with Crippen LogP contribution in [-0.2, 0) is 32.4 Å². The maximum atomic E-state index is 13.7. The minimum absolute atomic E-state index is 0.0139. The van der Waals surface area contributed by atoms with Crippen LogP contribution >= 0.6 is 0 Å². The molecule has 1 aromatic carbocycles. The summed E-state index contributed by atoms with van der Waals surface area (Å²) in [5.41, 5.74) is 2.14. The van der Waals surface area contributed by atoms with Gasteiger partial charge in [-0.25, -0.2) is 0 Å². The zero-order chi connectivity index (χ0) is 19.3. The van der Waals surface area contributed by atoms with Gasteiger partial charge in [0, 0.05) is 44.0 Å². The van der Waals surface area contributed by atoms with Crippen LogP contribution < -0.4 is 0 Å². The van der Waals surface area contributed by atoms with Crippen molar-refractivity contribution in [3.05, 3.63) is 64.0 Å². The van der Waals surface area contributed by atoms with Crippen molar-refractivity contribution in [3.8, 4) is 0 Å². The lowest BCUT2D eigenvalue weighted by molar-refractivity contribution is -0.138. The van der Waals surface area contributed by atoms with Crippen molar-refractivity contribution in [1.82, 2.24) is 14.8 Å². The molecule has 0 N–H and O–H groups in total. The Bertz CT molecular complexity index is 883. The smallest absolute Gasteiger partial charge is 0.332 e. The molecule has 0 spiro atoms. The van der Waals surface area contributed by atoms with E-state index in [0.717, 1.165) is 11.3 Å². The maximum Gasteiger partial charge on any atom is 0.416 e. The van der Waals surface area contributed by atoms with Crippen LogP contribution in [-0.4, -0.2) is 26.7 Å². The number of aromatic nitrogens is 1. The highest BCUT2D eigenvalue weighted by atomic mass is 19.4. The first-order valence-electron chi connectivity index (χ1n) is 8.93. The van der Waals surface area contributed by atoms with Crippen molar-refractivity contribution in [2.24, 2.45) is 0 Å². The maximum absolute atomic E-state index is 13.7. The number of rotatable bonds is 3. The first-order chi connectivity index (χ1) is 12.7. The van der Waals surface area contributed by atoms with E-state index in [1.807, 2.05) is 30.9 Å². The van der Waals surface area contributed by atoms with Crippen molar-refractivity contribution in [3.63, 3.8) is 0 Å². The van der Waals surface area contributed by atoms with E-state index in [0.29, 0.717) is 25.2 Å². The molecular weight excluding hydrogens is 355 g/mol. The topological polar surface area (TPSA) is 36.4 Å². The fourth-order valence-corrected chi connectivity index (χ4v) is 3.89. The monoisotopic (exact) mass is 375 g/mol. The first-order valence-corrected chi connectivity index (χ1v) is 8.93. The summed E-state index contributed by atoms with van der Waals surface area (Å²) < 4.78 is 41.0. The molecule has 1 amide bonds. The molecule has 0 fully saturated rings. The number of halogens is 3. The van der Waals surface area contributed by atoms with E-state index < -0.39 is 11.7 Å². The Morgan fingerprint density at radius 1 is 1.19 bits per heavy atom. The highest BCUT2D eigenvalue weighted by Crippen LogP contribution is 2.39. The summed E-state index contributed by atoms with van der Waals surface area (Å²) in [5.74, 6) is -0.321. The Hall–Kier alpha value is -2.41. The number of nitrogens with zero attached hydrogens (tertiary/aromatic N) is 3. The average Bonchev–Trinajstić information content (AvgIpc) is 3.14. The molecule has 142 valence electrons. The highest BCUT2D eigenvalue weighted by molar-refractivity contribution is 5.99. The molecule has 27 heavy (non-hydrogen) atoms. The fraction of sp³-hybridized carbons (Fsp3) is 0.400. The molecule has 0 saturated heterocycles. The second-order valence-corrected chi connectivity index (χ2v) is 7.45. The van der Waals surface area contributed by atoms with E-state index in [9.17, 15) is 18.0 Å². The van der Waals surface area contributed by atoms with E-state index in [-0.39, 0.29) is 29.6 Å². The van der Waals surface area contributed by atoms with Crippen LogP contribution in [0.3, 0.4) is 0 Å². The zero-order valence-corrected chi connectivity index (χ0v) is 15.2. The lowest BCUT2D eigenvalue weighted by Gasteiger charge is -2.20. The Labute approximate surface area is 155 Å². The van der Waals surface area contributed by atoms with E-state index >= 15 is 0 Å². The summed E-state index contributed by atoms with van der Waals surface area (Å²) in [4.78, 5) is 20.5. The van der Waals surface area contributed by atoms with Gasteiger partial charge in [0.15, 0.2) is 0 Å². The van der Waals surface area contributed by atoms with Crippen LogP contribution in [0.4, 0.5) is 13.2 Å². The van der Waals surface area contributed by atoms with Gasteiger partial charge in [-0.3, -0.25) is 14.7 Å². The minimum atomic E-state index is -4.48. The number of pyridine rings is 1. The Morgan fingerprint density at radius 3 is 2.63 bits per heavy atom. The summed E-state index contributed by atoms with van der Waals surface area (Å²) in [6.45, 7) is 5.23. The second-order valence-electron chi connectivity index (χ2n) is 7.45. The quantitative estimate of drug-likeness (QED) is 0.814. The molecule has 2 aliphatic heterocycles. The third-order valence-corrected chi connectivity index (χ3v) is 5.22. The van der Waals surface area contributed by atoms with Gasteiger partial charge in [0.05, 0.1) is 11.3 Å². The van der Waals surface area contributed by atoms with Gasteiger partial charge in [-0.05, 0) is 48.7 Å². The van der Waals surface area contributed by atoms with Gasteiger partial charge in [-0.15, -0.1) is 0 Å². The Balaban J connectivity index is 1.67. The Kier molecular flexibility index (Phi) is 4.22. The fourth-order valence-electron chi connectivity index (χ4n) is 3.89. The van der Waals surface area contributed by atoms with Gasteiger partial charge in [0.25, 0.3) is 5.91 Å². The normalized spacial score (nSPS) is 17.0. The lowest BCUT2D eigenvalue weighted by atomic mass is 9.98. The summed E-state index contributed by atoms with van der Waals surface area (Å²) in [6.07, 6.45) is -2.76. The molecule has 0 unspecified atom stereocenters. The van der Waals surface area contributed by atoms with Crippen LogP contribution in [0.2, 0.25) is 0 Å². The Morgan fingerprint density at radius 2 is 1.96 bits per heavy atom. The van der Waals surface area contributed by atoms with Gasteiger partial charge in [-0.2, -0.15) is 13.2 Å². The number of alkyl halides is 3. The van der Waals surface area contributed by atoms with Gasteiger partial charge in [-0.1, -0.05) is 6.07 Å². The molecule has 0 atom stereocenters. The summed E-state index contributed by atoms with van der Waals surface area (Å²) in [5, 5.41) is 0. The molecule has 1 aromatic heterocycles. The lowest BCUT2D eigenvalue weighted by Crippen LogP contribution is -2.30. The number of fused-ring (bicyclic) bond motifs is 2. The zero-order valence-electron chi connectivity index (χ0n) is 15.2. The van der Waals surface area contributed by atoms with Crippen LogP contribution in [0, 0.1) is 0 Å². The van der Waals surface area contributed by atoms with E-state index in [2.05, 4.69) is 4.98 Å². The summed E-state index contributed by atoms with van der Waals surface area (Å²) in [7, 11) is 0. The molecule has 0 radical (unpaired) electrons. The van der Waals surface area contributed by atoms with Crippen LogP contribution in [0.25, 0.3) is 0 Å². The predicted molar refractivity (Wildman–Crippen MR) is 93.6 cm³/mol. The number of amides is 1. The van der Waals surface area contributed by atoms with Crippen LogP contribution in [0.5, 0.6) is 0 Å². The molecule has 4 rings (SSSR count). The van der Waals surface area contributed by atoms with Gasteiger partial charge in [0.2, 0.25) is 0 Å². The molecule has 7 heteroatoms. The number of carbonyl (C=O) groups excluding carboxylic acids is 1. The number of hydrogen-bond acceptors (Lipinski definition) is 3. The molecule has 0 saturated carbocycles. The predicted octanol–water partition coefficient (Wildman–Crippen LogP) is 3.98. The number of carbonyl (C=O) groups is 1. The van der Waals surface area contributed by atoms with Crippen molar-refractivity contribution in [2.75, 3.05) is 0 Å². The van der Waals surface area contributed by atoms with Gasteiger partial charge < -0.3 is 4.90 Å². The molecule has 4 nitrogen and oxygen atoms in total. The standard InChI is InChI=1S/C20H20F3N3O/c1-12(2)26-10-16-15(19(26)27)6-13(7-17(16)20(21,22)23)8-25-9-14-4-3-5-24-18(14)11-25/h3-7,12H,8-11H2,1-2H3. The van der Waals surface area contributed by atoms with Crippen LogP contribution in [0.1, 0.15) is 52.2 Å². The molecule has 0 bridgehead atoms. The molecular formula is C20H20F3N3O. The van der Waals surface area contributed by atoms with Crippen LogP contribution in [0.15, 0.2) is 30.5 Å². The summed E-state index contributed by atoms with van der Waals surface area (Å²) in [6, 6.07) is 6.53. The third-order valence-electron chi connectivity index (χ3n) is 5.22. The molecule has 3 heterocycles. The largest absolute Gasteiger partial charge is 0.416 e. The summed E-state index contributed by atoms with van der Waals surface area (Å²) >= 11 is 0. The number of benzene rings is 1. The first kappa shape index (κ1) is 18.0. The molecule has 0 aliphatic carbocycles. The average molecular weight is 375 g/mol. The van der Waals surface area contributed by atoms with Gasteiger partial charge >= 0.3 is 6.18 Å². The van der Waals surface area contributed by atoms with E-state index in [4.69, 9.17) is 0 Å². The molecule has 2 aliphatic rings. The van der Waals surface area contributed by atoms with Crippen molar-refractivity contribution in [2.45, 2.75) is 52.2 Å². The highest BCUT2D eigenvalue weighted by Gasteiger charge is 2.40. The van der Waals surface area contributed by atoms with Crippen molar-refractivity contribution >= 4 is 5.91 Å². The van der Waals surface area contributed by atoms with Gasteiger partial charge in [0.1, 0.15) is 0 Å². The second kappa shape index (κ2) is 6.34. The SMILES string of the molecule is CC(C)N1Cc2c(cc(CN3Cc4cccnc4C3)cc2C(F)(F)F)C1=O.